The van der Waals surface area contributed by atoms with E-state index in [2.05, 4.69) is 85.4 Å². The summed E-state index contributed by atoms with van der Waals surface area (Å²) in [5.41, 5.74) is 4.73. The van der Waals surface area contributed by atoms with Gasteiger partial charge in [0.2, 0.25) is 0 Å². The molecule has 10 heteroatoms. The van der Waals surface area contributed by atoms with E-state index in [4.69, 9.17) is 9.97 Å². The number of nitrogens with zero attached hydrogens (tertiary/aromatic N) is 2. The normalized spacial score (nSPS) is 24.1. The van der Waals surface area contributed by atoms with Gasteiger partial charge in [-0.3, -0.25) is 0 Å². The molecular weight excluding hydrogens is 668 g/mol. The van der Waals surface area contributed by atoms with Crippen molar-refractivity contribution in [3.8, 4) is 0 Å². The standard InChI is InChI=1S/C22H34N6.4BrH/c1-15-19-7-5-8-20(27-19)16(2)25-13-14-26-18(4)22-10-6-9-21(28-22)17(3)24-12-11-23-15;;;;/h5-10,15-18,23-26H,11-14H2,1-4H3;4*1H. The van der Waals surface area contributed by atoms with Gasteiger partial charge in [-0.15, -0.1) is 0 Å². The molecule has 4 unspecified atom stereocenters. The number of halogens is 4. The van der Waals surface area contributed by atoms with Gasteiger partial charge in [-0.25, -0.2) is 9.97 Å². The van der Waals surface area contributed by atoms with Crippen LogP contribution in [0, 0.1) is 0 Å². The molecule has 8 N–H and O–H groups in total. The van der Waals surface area contributed by atoms with Crippen LogP contribution in [0.3, 0.4) is 0 Å². The first-order valence-electron chi connectivity index (χ1n) is 10.8. The molecule has 0 saturated carbocycles. The van der Waals surface area contributed by atoms with Crippen molar-refractivity contribution in [1.82, 2.24) is 9.97 Å². The van der Waals surface area contributed by atoms with E-state index in [1.54, 1.807) is 0 Å². The fourth-order valence-corrected chi connectivity index (χ4v) is 3.82. The van der Waals surface area contributed by atoms with Gasteiger partial charge in [0.1, 0.15) is 50.3 Å². The zero-order valence-electron chi connectivity index (χ0n) is 19.3. The molecule has 3 rings (SSSR count). The molecule has 0 aromatic carbocycles. The molecule has 2 aromatic rings. The highest BCUT2D eigenvalue weighted by molar-refractivity contribution is 5.14. The first kappa shape index (κ1) is 34.2. The summed E-state index contributed by atoms with van der Waals surface area (Å²) >= 11 is 0. The lowest BCUT2D eigenvalue weighted by Gasteiger charge is -2.17. The van der Waals surface area contributed by atoms with Gasteiger partial charge < -0.3 is 89.2 Å². The van der Waals surface area contributed by atoms with Crippen LogP contribution in [-0.2, 0) is 0 Å². The SMILES string of the molecule is CC1[NH2+]CC[NH2+]C(C)c2cccc(n2)C(C)[NH2+]CC[NH2+]C(C)c2cccc1n2.[Br-].[Br-].[Br-].[Br-]. The Balaban J connectivity index is 0. The third kappa shape index (κ3) is 10.1. The highest BCUT2D eigenvalue weighted by Crippen LogP contribution is 2.11. The molecule has 4 atom stereocenters. The fraction of sp³-hybridized carbons (Fsp3) is 0.545. The van der Waals surface area contributed by atoms with E-state index in [0.717, 1.165) is 26.2 Å². The quantitative estimate of drug-likeness (QED) is 0.220. The zero-order valence-corrected chi connectivity index (χ0v) is 25.7. The molecule has 4 bridgehead atoms. The largest absolute Gasteiger partial charge is 1.00 e. The number of nitrogens with two attached hydrogens (primary N) is 4. The third-order valence-corrected chi connectivity index (χ3v) is 5.86. The van der Waals surface area contributed by atoms with Gasteiger partial charge in [0.15, 0.2) is 0 Å². The van der Waals surface area contributed by atoms with Crippen molar-refractivity contribution in [2.75, 3.05) is 26.2 Å². The monoisotopic (exact) mass is 702 g/mol. The molecule has 6 nitrogen and oxygen atoms in total. The lowest BCUT2D eigenvalue weighted by molar-refractivity contribution is -0.760. The number of rotatable bonds is 0. The minimum Gasteiger partial charge on any atom is -1.00 e. The summed E-state index contributed by atoms with van der Waals surface area (Å²) in [7, 11) is 0. The van der Waals surface area contributed by atoms with Crippen molar-refractivity contribution in [2.45, 2.75) is 51.9 Å². The van der Waals surface area contributed by atoms with Crippen molar-refractivity contribution < 1.29 is 89.2 Å². The predicted molar refractivity (Wildman–Crippen MR) is 109 cm³/mol. The van der Waals surface area contributed by atoms with Crippen LogP contribution < -0.4 is 89.2 Å². The van der Waals surface area contributed by atoms with Gasteiger partial charge in [-0.1, -0.05) is 12.1 Å². The van der Waals surface area contributed by atoms with E-state index in [-0.39, 0.29) is 67.9 Å². The van der Waals surface area contributed by atoms with Gasteiger partial charge in [0.05, 0.1) is 22.8 Å². The molecule has 0 spiro atoms. The van der Waals surface area contributed by atoms with Gasteiger partial charge in [0.25, 0.3) is 0 Å². The first-order chi connectivity index (χ1) is 13.5. The molecule has 0 saturated heterocycles. The molecule has 1 aliphatic heterocycles. The maximum Gasteiger partial charge on any atom is 0.126 e. The summed E-state index contributed by atoms with van der Waals surface area (Å²) in [6.07, 6.45) is 0. The van der Waals surface area contributed by atoms with Crippen LogP contribution in [0.4, 0.5) is 0 Å². The number of hydrogen-bond acceptors (Lipinski definition) is 2. The van der Waals surface area contributed by atoms with E-state index in [1.165, 1.54) is 22.8 Å². The molecule has 0 radical (unpaired) electrons. The van der Waals surface area contributed by atoms with Gasteiger partial charge >= 0.3 is 0 Å². The van der Waals surface area contributed by atoms with Gasteiger partial charge in [0, 0.05) is 0 Å². The van der Waals surface area contributed by atoms with Crippen LogP contribution in [0.1, 0.15) is 74.6 Å². The van der Waals surface area contributed by atoms with Crippen molar-refractivity contribution in [3.05, 3.63) is 59.2 Å². The van der Waals surface area contributed by atoms with Crippen molar-refractivity contribution in [3.63, 3.8) is 0 Å². The van der Waals surface area contributed by atoms with E-state index in [0.29, 0.717) is 24.2 Å². The Morgan fingerprint density at radius 3 is 0.938 bits per heavy atom. The number of pyridine rings is 2. The van der Waals surface area contributed by atoms with Crippen LogP contribution in [0.5, 0.6) is 0 Å². The average Bonchev–Trinajstić information content (AvgIpc) is 2.73. The topological polar surface area (TPSA) is 92.2 Å². The summed E-state index contributed by atoms with van der Waals surface area (Å²) in [6.45, 7) is 13.3. The third-order valence-electron chi connectivity index (χ3n) is 5.86. The van der Waals surface area contributed by atoms with Crippen molar-refractivity contribution in [2.24, 2.45) is 0 Å². The first-order valence-corrected chi connectivity index (χ1v) is 10.8. The molecule has 2 aromatic heterocycles. The minimum atomic E-state index is 0. The lowest BCUT2D eigenvalue weighted by atomic mass is 10.1. The zero-order chi connectivity index (χ0) is 19.9. The second-order valence-corrected chi connectivity index (χ2v) is 8.23. The highest BCUT2D eigenvalue weighted by atomic mass is 79.9. The smallest absolute Gasteiger partial charge is 0.126 e. The van der Waals surface area contributed by atoms with Crippen LogP contribution in [-0.4, -0.2) is 36.1 Å². The second kappa shape index (κ2) is 17.5. The van der Waals surface area contributed by atoms with Crippen molar-refractivity contribution in [1.29, 1.82) is 0 Å². The van der Waals surface area contributed by atoms with Gasteiger partial charge in [-0.05, 0) is 52.0 Å². The van der Waals surface area contributed by atoms with Crippen molar-refractivity contribution >= 4 is 0 Å². The Kier molecular flexibility index (Phi) is 18.7. The number of quaternary nitrogens is 4. The molecule has 0 amide bonds. The van der Waals surface area contributed by atoms with Crippen LogP contribution in [0.15, 0.2) is 36.4 Å². The van der Waals surface area contributed by atoms with Crippen LogP contribution >= 0.6 is 0 Å². The van der Waals surface area contributed by atoms with E-state index in [9.17, 15) is 0 Å². The fourth-order valence-electron chi connectivity index (χ4n) is 3.82. The Morgan fingerprint density at radius 2 is 0.719 bits per heavy atom. The predicted octanol–water partition coefficient (Wildman–Crippen LogP) is -13.3. The second-order valence-electron chi connectivity index (χ2n) is 8.23. The molecule has 3 heterocycles. The van der Waals surface area contributed by atoms with Crippen LogP contribution in [0.2, 0.25) is 0 Å². The van der Waals surface area contributed by atoms with Crippen LogP contribution in [0.25, 0.3) is 0 Å². The summed E-state index contributed by atoms with van der Waals surface area (Å²) in [6, 6.07) is 14.5. The summed E-state index contributed by atoms with van der Waals surface area (Å²) in [5.74, 6) is 0. The summed E-state index contributed by atoms with van der Waals surface area (Å²) in [4.78, 5) is 9.91. The molecule has 184 valence electrons. The molecule has 0 fully saturated rings. The van der Waals surface area contributed by atoms with E-state index >= 15 is 0 Å². The lowest BCUT2D eigenvalue weighted by Crippen LogP contribution is -3.00. The van der Waals surface area contributed by atoms with E-state index < -0.39 is 0 Å². The molecule has 0 aliphatic carbocycles. The Morgan fingerprint density at radius 1 is 0.500 bits per heavy atom. The number of hydrogen-bond donors (Lipinski definition) is 4. The minimum absolute atomic E-state index is 0. The Labute approximate surface area is 235 Å². The summed E-state index contributed by atoms with van der Waals surface area (Å²) < 4.78 is 0. The summed E-state index contributed by atoms with van der Waals surface area (Å²) in [5, 5.41) is 9.59. The van der Waals surface area contributed by atoms with Gasteiger partial charge in [-0.2, -0.15) is 0 Å². The number of aromatic nitrogens is 2. The Hall–Kier alpha value is 0.0600. The molecular formula is C22H38Br4N6. The molecule has 1 aliphatic rings. The average molecular weight is 706 g/mol. The maximum atomic E-state index is 4.95. The number of fused-ring (bicyclic) bond motifs is 4. The highest BCUT2D eigenvalue weighted by Gasteiger charge is 2.18. The Bertz CT molecular complexity index is 649. The molecule has 32 heavy (non-hydrogen) atoms. The van der Waals surface area contributed by atoms with E-state index in [1.807, 2.05) is 0 Å². The maximum absolute atomic E-state index is 4.95.